The van der Waals surface area contributed by atoms with E-state index in [2.05, 4.69) is 9.97 Å². The highest BCUT2D eigenvalue weighted by Gasteiger charge is 1.99. The Morgan fingerprint density at radius 2 is 2.00 bits per heavy atom. The van der Waals surface area contributed by atoms with Gasteiger partial charge in [-0.05, 0) is 0 Å². The second-order valence-corrected chi connectivity index (χ2v) is 2.89. The van der Waals surface area contributed by atoms with Gasteiger partial charge in [-0.3, -0.25) is 0 Å². The van der Waals surface area contributed by atoms with Gasteiger partial charge in [0.05, 0.1) is 11.8 Å². The zero-order chi connectivity index (χ0) is 8.97. The van der Waals surface area contributed by atoms with Gasteiger partial charge in [-0.15, -0.1) is 0 Å². The summed E-state index contributed by atoms with van der Waals surface area (Å²) in [5.74, 6) is 0.939. The van der Waals surface area contributed by atoms with Gasteiger partial charge in [0.15, 0.2) is 5.16 Å². The van der Waals surface area contributed by atoms with E-state index in [1.807, 2.05) is 6.07 Å². The highest BCUT2D eigenvalue weighted by Crippen LogP contribution is 2.14. The molecular formula is C6H7N5S. The van der Waals surface area contributed by atoms with Crippen LogP contribution in [0.15, 0.2) is 11.2 Å². The van der Waals surface area contributed by atoms with E-state index in [0.717, 1.165) is 0 Å². The van der Waals surface area contributed by atoms with Gasteiger partial charge in [0.2, 0.25) is 0 Å². The van der Waals surface area contributed by atoms with Crippen molar-refractivity contribution < 1.29 is 0 Å². The van der Waals surface area contributed by atoms with Gasteiger partial charge in [-0.25, -0.2) is 9.97 Å². The van der Waals surface area contributed by atoms with Gasteiger partial charge in [0.25, 0.3) is 0 Å². The van der Waals surface area contributed by atoms with Gasteiger partial charge in [0, 0.05) is 6.07 Å². The number of nitrogen functional groups attached to an aromatic ring is 2. The highest BCUT2D eigenvalue weighted by atomic mass is 32.2. The van der Waals surface area contributed by atoms with Crippen LogP contribution < -0.4 is 11.5 Å². The quantitative estimate of drug-likeness (QED) is 0.501. The van der Waals surface area contributed by atoms with Crippen molar-refractivity contribution in [1.29, 1.82) is 5.26 Å². The molecule has 1 aromatic heterocycles. The molecule has 0 saturated carbocycles. The summed E-state index contributed by atoms with van der Waals surface area (Å²) < 4.78 is 0. The Hall–Kier alpha value is -1.48. The van der Waals surface area contributed by atoms with Gasteiger partial charge >= 0.3 is 0 Å². The number of nitriles is 1. The third-order valence-corrected chi connectivity index (χ3v) is 1.73. The maximum absolute atomic E-state index is 8.28. The maximum atomic E-state index is 8.28. The molecule has 0 fully saturated rings. The second-order valence-electron chi connectivity index (χ2n) is 1.95. The molecule has 6 heteroatoms. The molecule has 0 radical (unpaired) electrons. The molecule has 62 valence electrons. The molecule has 0 aliphatic heterocycles. The van der Waals surface area contributed by atoms with Crippen molar-refractivity contribution in [3.63, 3.8) is 0 Å². The Kier molecular flexibility index (Phi) is 2.71. The van der Waals surface area contributed by atoms with Crippen LogP contribution in [0.3, 0.4) is 0 Å². The first-order valence-corrected chi connectivity index (χ1v) is 4.10. The van der Waals surface area contributed by atoms with Crippen LogP contribution in [0.5, 0.6) is 0 Å². The summed E-state index contributed by atoms with van der Waals surface area (Å²) >= 11 is 1.21. The monoisotopic (exact) mass is 181 g/mol. The lowest BCUT2D eigenvalue weighted by Crippen LogP contribution is -1.99. The van der Waals surface area contributed by atoms with E-state index in [0.29, 0.717) is 22.5 Å². The summed E-state index contributed by atoms with van der Waals surface area (Å²) in [6.45, 7) is 0. The molecule has 0 aliphatic rings. The largest absolute Gasteiger partial charge is 0.383 e. The molecule has 0 atom stereocenters. The predicted molar refractivity (Wildman–Crippen MR) is 47.2 cm³/mol. The molecule has 5 nitrogen and oxygen atoms in total. The molecule has 0 bridgehead atoms. The van der Waals surface area contributed by atoms with E-state index in [-0.39, 0.29) is 0 Å². The van der Waals surface area contributed by atoms with Crippen LogP contribution in [-0.4, -0.2) is 15.7 Å². The lowest BCUT2D eigenvalue weighted by atomic mass is 10.5. The molecule has 0 aliphatic carbocycles. The molecule has 1 rings (SSSR count). The fourth-order valence-corrected chi connectivity index (χ4v) is 1.16. The Morgan fingerprint density at radius 3 is 2.50 bits per heavy atom. The van der Waals surface area contributed by atoms with Crippen LogP contribution in [0.1, 0.15) is 0 Å². The summed E-state index contributed by atoms with van der Waals surface area (Å²) in [7, 11) is 0. The minimum absolute atomic E-state index is 0.295. The van der Waals surface area contributed by atoms with Crippen molar-refractivity contribution in [3.05, 3.63) is 6.07 Å². The van der Waals surface area contributed by atoms with Crippen molar-refractivity contribution >= 4 is 23.4 Å². The van der Waals surface area contributed by atoms with E-state index in [9.17, 15) is 0 Å². The summed E-state index contributed by atoms with van der Waals surface area (Å²) in [6, 6.07) is 3.43. The number of hydrogen-bond acceptors (Lipinski definition) is 6. The van der Waals surface area contributed by atoms with E-state index < -0.39 is 0 Å². The van der Waals surface area contributed by atoms with E-state index >= 15 is 0 Å². The third-order valence-electron chi connectivity index (χ3n) is 1.01. The summed E-state index contributed by atoms with van der Waals surface area (Å²) in [6.07, 6.45) is 0. The number of thioether (sulfide) groups is 1. The Bertz CT molecular complexity index is 298. The van der Waals surface area contributed by atoms with Crippen LogP contribution in [0, 0.1) is 11.3 Å². The number of hydrogen-bond donors (Lipinski definition) is 2. The van der Waals surface area contributed by atoms with Crippen LogP contribution in [-0.2, 0) is 0 Å². The lowest BCUT2D eigenvalue weighted by molar-refractivity contribution is 0.987. The molecule has 1 aromatic rings. The molecule has 0 amide bonds. The van der Waals surface area contributed by atoms with E-state index in [4.69, 9.17) is 16.7 Å². The van der Waals surface area contributed by atoms with Crippen LogP contribution in [0.4, 0.5) is 11.6 Å². The van der Waals surface area contributed by atoms with Crippen molar-refractivity contribution in [2.45, 2.75) is 5.16 Å². The average molecular weight is 181 g/mol. The molecule has 0 aromatic carbocycles. The fraction of sp³-hybridized carbons (Fsp3) is 0.167. The summed E-state index contributed by atoms with van der Waals surface area (Å²) in [5.41, 5.74) is 10.8. The minimum Gasteiger partial charge on any atom is -0.383 e. The topological polar surface area (TPSA) is 102 Å². The fourth-order valence-electron chi connectivity index (χ4n) is 0.623. The smallest absolute Gasteiger partial charge is 0.192 e. The molecule has 0 spiro atoms. The molecule has 0 saturated heterocycles. The first-order chi connectivity index (χ1) is 5.72. The number of aromatic nitrogens is 2. The Morgan fingerprint density at radius 1 is 1.42 bits per heavy atom. The standard InChI is InChI=1S/C6H7N5S/c7-1-2-12-6-10-4(8)3-5(9)11-6/h3H,2H2,(H4,8,9,10,11). The van der Waals surface area contributed by atoms with Crippen molar-refractivity contribution in [1.82, 2.24) is 9.97 Å². The number of rotatable bonds is 2. The maximum Gasteiger partial charge on any atom is 0.192 e. The van der Waals surface area contributed by atoms with Gasteiger partial charge in [-0.1, -0.05) is 11.8 Å². The molecule has 4 N–H and O–H groups in total. The van der Waals surface area contributed by atoms with Crippen molar-refractivity contribution in [2.24, 2.45) is 0 Å². The number of nitrogens with two attached hydrogens (primary N) is 2. The van der Waals surface area contributed by atoms with Crippen LogP contribution in [0.2, 0.25) is 0 Å². The average Bonchev–Trinajstić information content (AvgIpc) is 1.99. The van der Waals surface area contributed by atoms with Crippen LogP contribution in [0.25, 0.3) is 0 Å². The Balaban J connectivity index is 2.80. The lowest BCUT2D eigenvalue weighted by Gasteiger charge is -1.98. The first kappa shape index (κ1) is 8.62. The molecule has 1 heterocycles. The van der Waals surface area contributed by atoms with Crippen molar-refractivity contribution in [3.8, 4) is 6.07 Å². The summed E-state index contributed by atoms with van der Waals surface area (Å²) in [4.78, 5) is 7.74. The second kappa shape index (κ2) is 3.78. The SMILES string of the molecule is N#CCSc1nc(N)cc(N)n1. The molecule has 0 unspecified atom stereocenters. The van der Waals surface area contributed by atoms with E-state index in [1.54, 1.807) is 0 Å². The zero-order valence-electron chi connectivity index (χ0n) is 6.19. The van der Waals surface area contributed by atoms with Gasteiger partial charge in [0.1, 0.15) is 11.6 Å². The van der Waals surface area contributed by atoms with E-state index in [1.165, 1.54) is 17.8 Å². The molecule has 12 heavy (non-hydrogen) atoms. The number of nitrogens with zero attached hydrogens (tertiary/aromatic N) is 3. The zero-order valence-corrected chi connectivity index (χ0v) is 7.01. The first-order valence-electron chi connectivity index (χ1n) is 3.12. The Labute approximate surface area is 73.8 Å². The highest BCUT2D eigenvalue weighted by molar-refractivity contribution is 7.99. The third kappa shape index (κ3) is 2.29. The van der Waals surface area contributed by atoms with Crippen LogP contribution >= 0.6 is 11.8 Å². The van der Waals surface area contributed by atoms with Crippen molar-refractivity contribution in [2.75, 3.05) is 17.2 Å². The normalized spacial score (nSPS) is 9.25. The van der Waals surface area contributed by atoms with Gasteiger partial charge < -0.3 is 11.5 Å². The van der Waals surface area contributed by atoms with Gasteiger partial charge in [-0.2, -0.15) is 5.26 Å². The predicted octanol–water partition coefficient (Wildman–Crippen LogP) is 0.257. The molecular weight excluding hydrogens is 174 g/mol. The number of anilines is 2. The minimum atomic E-state index is 0.295. The summed E-state index contributed by atoms with van der Waals surface area (Å²) in [5, 5.41) is 8.72.